The van der Waals surface area contributed by atoms with Gasteiger partial charge in [0.15, 0.2) is 5.69 Å². The lowest BCUT2D eigenvalue weighted by Crippen LogP contribution is -2.40. The molecule has 0 bridgehead atoms. The summed E-state index contributed by atoms with van der Waals surface area (Å²) >= 11 is 9.38. The van der Waals surface area contributed by atoms with Crippen molar-refractivity contribution in [1.29, 1.82) is 0 Å². The van der Waals surface area contributed by atoms with Crippen LogP contribution in [0, 0.1) is 0 Å². The van der Waals surface area contributed by atoms with Gasteiger partial charge in [-0.2, -0.15) is 5.10 Å². The van der Waals surface area contributed by atoms with Crippen molar-refractivity contribution in [3.05, 3.63) is 52.6 Å². The van der Waals surface area contributed by atoms with E-state index in [9.17, 15) is 4.79 Å². The van der Waals surface area contributed by atoms with Gasteiger partial charge in [-0.05, 0) is 24.3 Å². The SMILES string of the molecule is O=C(c1cc2ccc(Cl)cn2n1)N1CCc2[nH]c(CBr)cc2N1. The Morgan fingerprint density at radius 1 is 1.39 bits per heavy atom. The number of fused-ring (bicyclic) bond motifs is 2. The van der Waals surface area contributed by atoms with Gasteiger partial charge in [0.25, 0.3) is 5.91 Å². The highest BCUT2D eigenvalue weighted by Gasteiger charge is 2.24. The number of rotatable bonds is 2. The van der Waals surface area contributed by atoms with Crippen LogP contribution < -0.4 is 5.43 Å². The van der Waals surface area contributed by atoms with Gasteiger partial charge in [-0.15, -0.1) is 0 Å². The van der Waals surface area contributed by atoms with Crippen LogP contribution in [0.25, 0.3) is 5.52 Å². The van der Waals surface area contributed by atoms with E-state index < -0.39 is 0 Å². The van der Waals surface area contributed by atoms with E-state index in [0.717, 1.165) is 34.3 Å². The first kappa shape index (κ1) is 14.6. The summed E-state index contributed by atoms with van der Waals surface area (Å²) in [5.41, 5.74) is 7.52. The molecule has 0 aliphatic carbocycles. The zero-order valence-electron chi connectivity index (χ0n) is 12.0. The fourth-order valence-corrected chi connectivity index (χ4v) is 3.17. The van der Waals surface area contributed by atoms with E-state index in [1.165, 1.54) is 0 Å². The van der Waals surface area contributed by atoms with E-state index in [1.54, 1.807) is 27.9 Å². The van der Waals surface area contributed by atoms with Gasteiger partial charge in [0, 0.05) is 35.9 Å². The number of carbonyl (C=O) groups excluding carboxylic acids is 1. The van der Waals surface area contributed by atoms with Crippen molar-refractivity contribution in [1.82, 2.24) is 19.6 Å². The fourth-order valence-electron chi connectivity index (χ4n) is 2.71. The predicted molar refractivity (Wildman–Crippen MR) is 92.0 cm³/mol. The second kappa shape index (κ2) is 5.58. The van der Waals surface area contributed by atoms with E-state index >= 15 is 0 Å². The normalized spacial score (nSPS) is 13.9. The molecule has 0 atom stereocenters. The van der Waals surface area contributed by atoms with Gasteiger partial charge in [0.1, 0.15) is 0 Å². The molecule has 0 aromatic carbocycles. The third-order valence-corrected chi connectivity index (χ3v) is 4.66. The maximum absolute atomic E-state index is 12.7. The van der Waals surface area contributed by atoms with Crippen LogP contribution in [0.4, 0.5) is 5.69 Å². The molecule has 118 valence electrons. The second-order valence-corrected chi connectivity index (χ2v) is 6.38. The molecule has 6 nitrogen and oxygen atoms in total. The average molecular weight is 395 g/mol. The van der Waals surface area contributed by atoms with Crippen LogP contribution in [0.15, 0.2) is 30.5 Å². The monoisotopic (exact) mass is 393 g/mol. The summed E-state index contributed by atoms with van der Waals surface area (Å²) in [6, 6.07) is 7.38. The Labute approximate surface area is 145 Å². The highest BCUT2D eigenvalue weighted by atomic mass is 79.9. The molecule has 1 amide bonds. The number of alkyl halides is 1. The first-order chi connectivity index (χ1) is 11.1. The van der Waals surface area contributed by atoms with Crippen LogP contribution in [0.1, 0.15) is 21.9 Å². The lowest BCUT2D eigenvalue weighted by atomic mass is 10.2. The van der Waals surface area contributed by atoms with Crippen LogP contribution in [-0.2, 0) is 11.8 Å². The van der Waals surface area contributed by atoms with Crippen LogP contribution >= 0.6 is 27.5 Å². The van der Waals surface area contributed by atoms with Crippen LogP contribution in [0.5, 0.6) is 0 Å². The zero-order valence-corrected chi connectivity index (χ0v) is 14.4. The van der Waals surface area contributed by atoms with E-state index in [-0.39, 0.29) is 5.91 Å². The Balaban J connectivity index is 1.61. The molecule has 4 heterocycles. The van der Waals surface area contributed by atoms with Gasteiger partial charge in [-0.1, -0.05) is 27.5 Å². The largest absolute Gasteiger partial charge is 0.360 e. The van der Waals surface area contributed by atoms with Crippen molar-refractivity contribution in [2.75, 3.05) is 12.0 Å². The van der Waals surface area contributed by atoms with Crippen molar-refractivity contribution >= 4 is 44.6 Å². The van der Waals surface area contributed by atoms with Gasteiger partial charge >= 0.3 is 0 Å². The summed E-state index contributed by atoms with van der Waals surface area (Å²) in [7, 11) is 0. The molecule has 1 aliphatic rings. The summed E-state index contributed by atoms with van der Waals surface area (Å²) < 4.78 is 1.62. The summed E-state index contributed by atoms with van der Waals surface area (Å²) in [5, 5.41) is 7.24. The summed E-state index contributed by atoms with van der Waals surface area (Å²) in [4.78, 5) is 16.0. The van der Waals surface area contributed by atoms with Crippen LogP contribution in [0.3, 0.4) is 0 Å². The number of aromatic amines is 1. The third kappa shape index (κ3) is 2.60. The van der Waals surface area contributed by atoms with Gasteiger partial charge in [0.2, 0.25) is 0 Å². The average Bonchev–Trinajstić information content (AvgIpc) is 3.16. The number of H-pyrrole nitrogens is 1. The number of hydrazine groups is 1. The summed E-state index contributed by atoms with van der Waals surface area (Å²) in [5.74, 6) is -0.155. The third-order valence-electron chi connectivity index (χ3n) is 3.83. The number of aromatic nitrogens is 3. The summed E-state index contributed by atoms with van der Waals surface area (Å²) in [6.07, 6.45) is 2.46. The van der Waals surface area contributed by atoms with Crippen LogP contribution in [0.2, 0.25) is 5.02 Å². The molecule has 0 fully saturated rings. The summed E-state index contributed by atoms with van der Waals surface area (Å²) in [6.45, 7) is 0.586. The lowest BCUT2D eigenvalue weighted by molar-refractivity contribution is 0.0783. The Morgan fingerprint density at radius 3 is 3.09 bits per heavy atom. The Hall–Kier alpha value is -1.99. The Bertz CT molecular complexity index is 903. The number of hydrogen-bond donors (Lipinski definition) is 2. The molecule has 8 heteroatoms. The molecule has 0 unspecified atom stereocenters. The number of carbonyl (C=O) groups is 1. The van der Waals surface area contributed by atoms with E-state index in [1.807, 2.05) is 12.1 Å². The highest BCUT2D eigenvalue weighted by Crippen LogP contribution is 2.25. The smallest absolute Gasteiger partial charge is 0.292 e. The number of pyridine rings is 1. The Morgan fingerprint density at radius 2 is 2.26 bits per heavy atom. The van der Waals surface area contributed by atoms with E-state index in [4.69, 9.17) is 11.6 Å². The fraction of sp³-hybridized carbons (Fsp3) is 0.200. The maximum Gasteiger partial charge on any atom is 0.292 e. The van der Waals surface area contributed by atoms with Crippen molar-refractivity contribution < 1.29 is 4.79 Å². The van der Waals surface area contributed by atoms with Crippen molar-refractivity contribution in [2.45, 2.75) is 11.8 Å². The number of nitrogens with one attached hydrogen (secondary N) is 2. The number of anilines is 1. The number of hydrogen-bond acceptors (Lipinski definition) is 3. The molecule has 23 heavy (non-hydrogen) atoms. The first-order valence-electron chi connectivity index (χ1n) is 7.14. The first-order valence-corrected chi connectivity index (χ1v) is 8.64. The Kier molecular flexibility index (Phi) is 3.54. The quantitative estimate of drug-likeness (QED) is 0.656. The molecule has 3 aromatic heterocycles. The molecule has 4 rings (SSSR count). The standard InChI is InChI=1S/C15H13BrClN5O/c16-7-10-5-13-12(18-10)3-4-21(19-13)15(23)14-6-11-2-1-9(17)8-22(11)20-14/h1-2,5-6,8,18-19H,3-4,7H2. The van der Waals surface area contributed by atoms with Crippen molar-refractivity contribution in [3.63, 3.8) is 0 Å². The lowest BCUT2D eigenvalue weighted by Gasteiger charge is -2.27. The minimum absolute atomic E-state index is 0.155. The van der Waals surface area contributed by atoms with Crippen LogP contribution in [-0.4, -0.2) is 32.1 Å². The predicted octanol–water partition coefficient (Wildman–Crippen LogP) is 3.24. The molecule has 0 radical (unpaired) electrons. The molecule has 0 saturated carbocycles. The van der Waals surface area contributed by atoms with Gasteiger partial charge in [0.05, 0.1) is 16.2 Å². The molecule has 0 spiro atoms. The highest BCUT2D eigenvalue weighted by molar-refractivity contribution is 9.08. The minimum atomic E-state index is -0.155. The number of nitrogens with zero attached hydrogens (tertiary/aromatic N) is 3. The zero-order chi connectivity index (χ0) is 16.0. The molecule has 3 aromatic rings. The molecule has 1 aliphatic heterocycles. The molecular formula is C15H13BrClN5O. The van der Waals surface area contributed by atoms with Gasteiger partial charge in [-0.3, -0.25) is 15.2 Å². The van der Waals surface area contributed by atoms with Gasteiger partial charge < -0.3 is 4.98 Å². The molecule has 0 saturated heterocycles. The van der Waals surface area contributed by atoms with E-state index in [2.05, 4.69) is 31.4 Å². The topological polar surface area (TPSA) is 65.4 Å². The van der Waals surface area contributed by atoms with Crippen molar-refractivity contribution in [3.8, 4) is 0 Å². The van der Waals surface area contributed by atoms with Crippen molar-refractivity contribution in [2.24, 2.45) is 0 Å². The second-order valence-electron chi connectivity index (χ2n) is 5.39. The molecular weight excluding hydrogens is 382 g/mol. The van der Waals surface area contributed by atoms with E-state index in [0.29, 0.717) is 17.3 Å². The molecule has 2 N–H and O–H groups in total. The number of halogens is 2. The number of amides is 1. The minimum Gasteiger partial charge on any atom is -0.360 e. The maximum atomic E-state index is 12.7. The van der Waals surface area contributed by atoms with Gasteiger partial charge in [-0.25, -0.2) is 4.52 Å².